The van der Waals surface area contributed by atoms with Crippen molar-refractivity contribution in [3.63, 3.8) is 0 Å². The minimum atomic E-state index is 0.420. The lowest BCUT2D eigenvalue weighted by atomic mass is 10.2. The molecule has 0 N–H and O–H groups in total. The van der Waals surface area contributed by atoms with Gasteiger partial charge in [-0.15, -0.1) is 0 Å². The lowest BCUT2D eigenvalue weighted by Crippen LogP contribution is -1.95. The smallest absolute Gasteiger partial charge is 0.118 e. The SMILES string of the molecule is COc1ccc(COOC/C=C/c2ccccc2)cc1. The molecular weight excluding hydrogens is 252 g/mol. The fraction of sp³-hybridized carbons (Fsp3) is 0.176. The normalized spacial score (nSPS) is 10.8. The quantitative estimate of drug-likeness (QED) is 0.434. The summed E-state index contributed by atoms with van der Waals surface area (Å²) < 4.78 is 5.09. The largest absolute Gasteiger partial charge is 0.497 e. The monoisotopic (exact) mass is 270 g/mol. The molecule has 0 saturated heterocycles. The Kier molecular flexibility index (Phi) is 5.83. The van der Waals surface area contributed by atoms with E-state index in [1.165, 1.54) is 0 Å². The number of benzene rings is 2. The molecule has 2 aromatic carbocycles. The maximum Gasteiger partial charge on any atom is 0.118 e. The Labute approximate surface area is 119 Å². The van der Waals surface area contributed by atoms with Crippen LogP contribution in [0.25, 0.3) is 6.08 Å². The van der Waals surface area contributed by atoms with Gasteiger partial charge in [0.05, 0.1) is 7.11 Å². The topological polar surface area (TPSA) is 27.7 Å². The molecule has 0 aliphatic rings. The summed E-state index contributed by atoms with van der Waals surface area (Å²) in [4.78, 5) is 10.2. The lowest BCUT2D eigenvalue weighted by molar-refractivity contribution is -0.295. The summed E-state index contributed by atoms with van der Waals surface area (Å²) in [6.07, 6.45) is 3.92. The fourth-order valence-corrected chi connectivity index (χ4v) is 1.67. The number of rotatable bonds is 7. The van der Waals surface area contributed by atoms with Crippen LogP contribution in [0.3, 0.4) is 0 Å². The Morgan fingerprint density at radius 3 is 2.35 bits per heavy atom. The molecule has 0 aromatic heterocycles. The van der Waals surface area contributed by atoms with E-state index in [0.29, 0.717) is 13.2 Å². The van der Waals surface area contributed by atoms with Crippen molar-refractivity contribution in [1.29, 1.82) is 0 Å². The zero-order chi connectivity index (χ0) is 14.0. The van der Waals surface area contributed by atoms with Crippen LogP contribution in [0.4, 0.5) is 0 Å². The van der Waals surface area contributed by atoms with Crippen LogP contribution in [0.2, 0.25) is 0 Å². The van der Waals surface area contributed by atoms with Gasteiger partial charge in [-0.25, -0.2) is 9.78 Å². The summed E-state index contributed by atoms with van der Waals surface area (Å²) in [6.45, 7) is 0.841. The average Bonchev–Trinajstić information content (AvgIpc) is 2.52. The Morgan fingerprint density at radius 1 is 0.900 bits per heavy atom. The van der Waals surface area contributed by atoms with Gasteiger partial charge < -0.3 is 4.74 Å². The molecule has 0 saturated carbocycles. The predicted molar refractivity (Wildman–Crippen MR) is 79.2 cm³/mol. The number of hydrogen-bond donors (Lipinski definition) is 0. The Balaban J connectivity index is 1.65. The van der Waals surface area contributed by atoms with Gasteiger partial charge in [0.1, 0.15) is 19.0 Å². The molecule has 0 bridgehead atoms. The first-order valence-corrected chi connectivity index (χ1v) is 6.47. The third-order valence-electron chi connectivity index (χ3n) is 2.74. The van der Waals surface area contributed by atoms with E-state index in [0.717, 1.165) is 16.9 Å². The van der Waals surface area contributed by atoms with Crippen molar-refractivity contribution >= 4 is 6.08 Å². The van der Waals surface area contributed by atoms with Gasteiger partial charge in [-0.3, -0.25) is 0 Å². The predicted octanol–water partition coefficient (Wildman–Crippen LogP) is 3.86. The minimum absolute atomic E-state index is 0.420. The highest BCUT2D eigenvalue weighted by Gasteiger charge is 1.95. The van der Waals surface area contributed by atoms with Crippen LogP contribution in [0.15, 0.2) is 60.7 Å². The molecule has 0 amide bonds. The van der Waals surface area contributed by atoms with E-state index in [2.05, 4.69) is 0 Å². The van der Waals surface area contributed by atoms with Gasteiger partial charge in [0, 0.05) is 0 Å². The van der Waals surface area contributed by atoms with Crippen molar-refractivity contribution in [2.75, 3.05) is 13.7 Å². The zero-order valence-electron chi connectivity index (χ0n) is 11.5. The molecule has 0 aliphatic carbocycles. The molecule has 0 spiro atoms. The van der Waals surface area contributed by atoms with E-state index in [1.54, 1.807) is 7.11 Å². The molecule has 2 aromatic rings. The third-order valence-corrected chi connectivity index (χ3v) is 2.74. The highest BCUT2D eigenvalue weighted by molar-refractivity contribution is 5.48. The van der Waals surface area contributed by atoms with Crippen molar-refractivity contribution in [3.8, 4) is 5.75 Å². The van der Waals surface area contributed by atoms with Crippen LogP contribution < -0.4 is 4.74 Å². The molecule has 20 heavy (non-hydrogen) atoms. The Bertz CT molecular complexity index is 518. The molecule has 0 heterocycles. The summed E-state index contributed by atoms with van der Waals surface area (Å²) in [5.41, 5.74) is 2.18. The van der Waals surface area contributed by atoms with Gasteiger partial charge >= 0.3 is 0 Å². The summed E-state index contributed by atoms with van der Waals surface area (Å²) in [7, 11) is 1.65. The Hall–Kier alpha value is -2.10. The highest BCUT2D eigenvalue weighted by Crippen LogP contribution is 2.11. The highest BCUT2D eigenvalue weighted by atomic mass is 17.2. The number of methoxy groups -OCH3 is 1. The molecule has 104 valence electrons. The van der Waals surface area contributed by atoms with Gasteiger partial charge in [0.15, 0.2) is 0 Å². The summed E-state index contributed by atoms with van der Waals surface area (Å²) in [5, 5.41) is 0. The second kappa shape index (κ2) is 8.15. The Morgan fingerprint density at radius 2 is 1.65 bits per heavy atom. The molecule has 0 atom stereocenters. The lowest BCUT2D eigenvalue weighted by Gasteiger charge is -2.03. The van der Waals surface area contributed by atoms with E-state index in [-0.39, 0.29) is 0 Å². The van der Waals surface area contributed by atoms with Crippen molar-refractivity contribution in [3.05, 3.63) is 71.8 Å². The van der Waals surface area contributed by atoms with E-state index < -0.39 is 0 Å². The van der Waals surface area contributed by atoms with E-state index >= 15 is 0 Å². The van der Waals surface area contributed by atoms with Crippen LogP contribution in [0, 0.1) is 0 Å². The number of hydrogen-bond acceptors (Lipinski definition) is 3. The molecule has 2 rings (SSSR count). The fourth-order valence-electron chi connectivity index (χ4n) is 1.67. The van der Waals surface area contributed by atoms with Gasteiger partial charge in [0.2, 0.25) is 0 Å². The van der Waals surface area contributed by atoms with Crippen molar-refractivity contribution in [2.45, 2.75) is 6.61 Å². The first-order valence-electron chi connectivity index (χ1n) is 6.47. The van der Waals surface area contributed by atoms with Crippen LogP contribution >= 0.6 is 0 Å². The molecule has 0 radical (unpaired) electrons. The average molecular weight is 270 g/mol. The second-order valence-corrected chi connectivity index (χ2v) is 4.21. The third kappa shape index (κ3) is 4.88. The van der Waals surface area contributed by atoms with Crippen LogP contribution in [0.5, 0.6) is 5.75 Å². The van der Waals surface area contributed by atoms with Gasteiger partial charge in [-0.2, -0.15) is 0 Å². The van der Waals surface area contributed by atoms with Crippen LogP contribution in [-0.2, 0) is 16.4 Å². The first kappa shape index (κ1) is 14.3. The number of ether oxygens (including phenoxy) is 1. The molecule has 0 unspecified atom stereocenters. The van der Waals surface area contributed by atoms with Gasteiger partial charge in [0.25, 0.3) is 0 Å². The van der Waals surface area contributed by atoms with Crippen molar-refractivity contribution in [1.82, 2.24) is 0 Å². The second-order valence-electron chi connectivity index (χ2n) is 4.21. The standard InChI is InChI=1S/C17H18O3/c1-18-17-11-9-16(10-12-17)14-20-19-13-5-8-15-6-3-2-4-7-15/h2-12H,13-14H2,1H3/b8-5+. The maximum atomic E-state index is 5.14. The van der Waals surface area contributed by atoms with Crippen molar-refractivity contribution < 1.29 is 14.5 Å². The van der Waals surface area contributed by atoms with Crippen molar-refractivity contribution in [2.24, 2.45) is 0 Å². The molecular formula is C17H18O3. The van der Waals surface area contributed by atoms with Gasteiger partial charge in [-0.05, 0) is 23.3 Å². The summed E-state index contributed by atoms with van der Waals surface area (Å²) in [5.74, 6) is 0.834. The zero-order valence-corrected chi connectivity index (χ0v) is 11.5. The maximum absolute atomic E-state index is 5.14. The first-order chi connectivity index (χ1) is 9.88. The van der Waals surface area contributed by atoms with Crippen LogP contribution in [0.1, 0.15) is 11.1 Å². The molecule has 0 aliphatic heterocycles. The van der Waals surface area contributed by atoms with Crippen LogP contribution in [-0.4, -0.2) is 13.7 Å². The van der Waals surface area contributed by atoms with E-state index in [1.807, 2.05) is 66.7 Å². The molecule has 3 nitrogen and oxygen atoms in total. The summed E-state index contributed by atoms with van der Waals surface area (Å²) >= 11 is 0. The van der Waals surface area contributed by atoms with E-state index in [4.69, 9.17) is 14.5 Å². The molecule has 0 fully saturated rings. The minimum Gasteiger partial charge on any atom is -0.497 e. The molecule has 3 heteroatoms. The van der Waals surface area contributed by atoms with Gasteiger partial charge in [-0.1, -0.05) is 54.6 Å². The summed E-state index contributed by atoms with van der Waals surface area (Å²) in [6, 6.07) is 17.8. The van der Waals surface area contributed by atoms with E-state index in [9.17, 15) is 0 Å².